The predicted molar refractivity (Wildman–Crippen MR) is 119 cm³/mol. The fourth-order valence-electron chi connectivity index (χ4n) is 4.00. The quantitative estimate of drug-likeness (QED) is 0.424. The van der Waals surface area contributed by atoms with Gasteiger partial charge in [0.2, 0.25) is 5.78 Å². The van der Waals surface area contributed by atoms with Crippen LogP contribution in [0.1, 0.15) is 44.9 Å². The van der Waals surface area contributed by atoms with E-state index in [-0.39, 0.29) is 5.78 Å². The van der Waals surface area contributed by atoms with Crippen molar-refractivity contribution in [3.8, 4) is 10.4 Å². The van der Waals surface area contributed by atoms with Gasteiger partial charge in [0, 0.05) is 27.1 Å². The highest BCUT2D eigenvalue weighted by molar-refractivity contribution is 7.21. The first-order valence-electron chi connectivity index (χ1n) is 9.52. The molecule has 140 valence electrons. The first-order valence-corrected chi connectivity index (χ1v) is 11.2. The normalized spacial score (nSPS) is 13.6. The molecule has 0 aliphatic heterocycles. The summed E-state index contributed by atoms with van der Waals surface area (Å²) < 4.78 is 0. The Bertz CT molecular complexity index is 1190. The molecule has 0 saturated carbocycles. The van der Waals surface area contributed by atoms with E-state index in [1.165, 1.54) is 45.9 Å². The molecule has 0 saturated heterocycles. The molecule has 0 spiro atoms. The Kier molecular flexibility index (Phi) is 4.29. The molecule has 1 aromatic carbocycles. The number of pyridine rings is 1. The lowest BCUT2D eigenvalue weighted by atomic mass is 9.90. The summed E-state index contributed by atoms with van der Waals surface area (Å²) in [5.41, 5.74) is 12.7. The number of hydrogen-bond acceptors (Lipinski definition) is 5. The molecule has 3 nitrogen and oxygen atoms in total. The Labute approximate surface area is 171 Å². The van der Waals surface area contributed by atoms with E-state index < -0.39 is 0 Å². The fourth-order valence-corrected chi connectivity index (χ4v) is 5.89. The molecule has 5 rings (SSSR count). The third kappa shape index (κ3) is 2.77. The molecule has 4 aromatic rings. The number of aryl methyl sites for hydroxylation is 2. The van der Waals surface area contributed by atoms with Crippen molar-refractivity contribution >= 4 is 44.4 Å². The Morgan fingerprint density at radius 3 is 2.64 bits per heavy atom. The molecular weight excluding hydrogens is 384 g/mol. The third-order valence-electron chi connectivity index (χ3n) is 5.44. The first kappa shape index (κ1) is 17.6. The summed E-state index contributed by atoms with van der Waals surface area (Å²) in [6.45, 7) is 2.02. The Morgan fingerprint density at radius 2 is 1.89 bits per heavy atom. The molecule has 3 aromatic heterocycles. The third-order valence-corrected chi connectivity index (χ3v) is 7.43. The lowest BCUT2D eigenvalue weighted by molar-refractivity contribution is 0.104. The van der Waals surface area contributed by atoms with E-state index in [0.29, 0.717) is 16.1 Å². The molecule has 0 atom stereocenters. The number of nitrogen functional groups attached to an aromatic ring is 1. The molecule has 3 heterocycles. The molecule has 0 fully saturated rings. The van der Waals surface area contributed by atoms with Crippen LogP contribution in [0.5, 0.6) is 0 Å². The summed E-state index contributed by atoms with van der Waals surface area (Å²) >= 11 is 3.16. The zero-order valence-corrected chi connectivity index (χ0v) is 17.3. The SMILES string of the molecule is Cc1ccc(C(=O)c2sc3nc4c(c(-c5cccs5)c3c2N)CCCC4)cc1. The van der Waals surface area contributed by atoms with Crippen LogP contribution in [-0.4, -0.2) is 10.8 Å². The zero-order valence-electron chi connectivity index (χ0n) is 15.6. The maximum Gasteiger partial charge on any atom is 0.205 e. The molecule has 5 heteroatoms. The van der Waals surface area contributed by atoms with Gasteiger partial charge in [-0.2, -0.15) is 0 Å². The zero-order chi connectivity index (χ0) is 19.3. The van der Waals surface area contributed by atoms with E-state index >= 15 is 0 Å². The van der Waals surface area contributed by atoms with Crippen LogP contribution in [0.2, 0.25) is 0 Å². The molecule has 0 radical (unpaired) electrons. The van der Waals surface area contributed by atoms with Crippen LogP contribution < -0.4 is 5.73 Å². The molecule has 0 bridgehead atoms. The number of hydrogen-bond donors (Lipinski definition) is 1. The summed E-state index contributed by atoms with van der Waals surface area (Å²) in [4.78, 5) is 20.8. The lowest BCUT2D eigenvalue weighted by Crippen LogP contribution is -2.07. The van der Waals surface area contributed by atoms with Crippen molar-refractivity contribution < 1.29 is 4.79 Å². The summed E-state index contributed by atoms with van der Waals surface area (Å²) in [6, 6.07) is 11.9. The lowest BCUT2D eigenvalue weighted by Gasteiger charge is -2.19. The van der Waals surface area contributed by atoms with Gasteiger partial charge in [-0.15, -0.1) is 22.7 Å². The van der Waals surface area contributed by atoms with Gasteiger partial charge in [-0.25, -0.2) is 4.98 Å². The highest BCUT2D eigenvalue weighted by atomic mass is 32.1. The minimum atomic E-state index is -0.0180. The molecule has 2 N–H and O–H groups in total. The highest BCUT2D eigenvalue weighted by Crippen LogP contribution is 2.45. The van der Waals surface area contributed by atoms with Crippen molar-refractivity contribution in [3.05, 3.63) is 69.0 Å². The second-order valence-corrected chi connectivity index (χ2v) is 9.26. The van der Waals surface area contributed by atoms with Gasteiger partial charge in [0.25, 0.3) is 0 Å². The number of rotatable bonds is 3. The molecular formula is C23H20N2OS2. The van der Waals surface area contributed by atoms with E-state index in [0.717, 1.165) is 28.6 Å². The van der Waals surface area contributed by atoms with Gasteiger partial charge in [-0.3, -0.25) is 4.79 Å². The van der Waals surface area contributed by atoms with Crippen molar-refractivity contribution in [1.29, 1.82) is 0 Å². The second kappa shape index (κ2) is 6.83. The summed E-state index contributed by atoms with van der Waals surface area (Å²) in [5, 5.41) is 3.06. The van der Waals surface area contributed by atoms with Crippen molar-refractivity contribution in [2.24, 2.45) is 0 Å². The monoisotopic (exact) mass is 404 g/mol. The van der Waals surface area contributed by atoms with Crippen molar-refractivity contribution in [2.45, 2.75) is 32.6 Å². The number of thiophene rings is 2. The van der Waals surface area contributed by atoms with Gasteiger partial charge in [0.1, 0.15) is 9.71 Å². The average Bonchev–Trinajstić information content (AvgIpc) is 3.35. The number of nitrogens with two attached hydrogens (primary N) is 1. The van der Waals surface area contributed by atoms with Gasteiger partial charge in [0.05, 0.1) is 5.69 Å². The minimum Gasteiger partial charge on any atom is -0.397 e. The number of benzene rings is 1. The Hall–Kier alpha value is -2.50. The number of carbonyl (C=O) groups excluding carboxylic acids is 1. The number of fused-ring (bicyclic) bond motifs is 2. The van der Waals surface area contributed by atoms with Gasteiger partial charge in [-0.05, 0) is 49.6 Å². The average molecular weight is 405 g/mol. The van der Waals surface area contributed by atoms with Crippen LogP contribution in [0.15, 0.2) is 41.8 Å². The summed E-state index contributed by atoms with van der Waals surface area (Å²) in [7, 11) is 0. The Morgan fingerprint density at radius 1 is 1.11 bits per heavy atom. The van der Waals surface area contributed by atoms with Crippen LogP contribution in [0, 0.1) is 6.92 Å². The van der Waals surface area contributed by atoms with Crippen LogP contribution in [-0.2, 0) is 12.8 Å². The maximum absolute atomic E-state index is 13.2. The van der Waals surface area contributed by atoms with E-state index in [4.69, 9.17) is 10.7 Å². The minimum absolute atomic E-state index is 0.0180. The van der Waals surface area contributed by atoms with E-state index in [2.05, 4.69) is 17.5 Å². The van der Waals surface area contributed by atoms with Crippen LogP contribution >= 0.6 is 22.7 Å². The topological polar surface area (TPSA) is 56.0 Å². The summed E-state index contributed by atoms with van der Waals surface area (Å²) in [6.07, 6.45) is 4.38. The molecule has 1 aliphatic carbocycles. The number of anilines is 1. The van der Waals surface area contributed by atoms with Gasteiger partial charge in [-0.1, -0.05) is 35.9 Å². The molecule has 0 unspecified atom stereocenters. The number of aromatic nitrogens is 1. The maximum atomic E-state index is 13.2. The van der Waals surface area contributed by atoms with E-state index in [9.17, 15) is 4.79 Å². The molecule has 28 heavy (non-hydrogen) atoms. The largest absolute Gasteiger partial charge is 0.397 e. The highest BCUT2D eigenvalue weighted by Gasteiger charge is 2.26. The number of carbonyl (C=O) groups is 1. The van der Waals surface area contributed by atoms with Crippen molar-refractivity contribution in [1.82, 2.24) is 4.98 Å². The van der Waals surface area contributed by atoms with Gasteiger partial charge >= 0.3 is 0 Å². The van der Waals surface area contributed by atoms with Crippen molar-refractivity contribution in [3.63, 3.8) is 0 Å². The van der Waals surface area contributed by atoms with Crippen molar-refractivity contribution in [2.75, 3.05) is 5.73 Å². The van der Waals surface area contributed by atoms with Crippen LogP contribution in [0.25, 0.3) is 20.7 Å². The number of nitrogens with zero attached hydrogens (tertiary/aromatic N) is 1. The summed E-state index contributed by atoms with van der Waals surface area (Å²) in [5.74, 6) is -0.0180. The molecule has 1 aliphatic rings. The van der Waals surface area contributed by atoms with Gasteiger partial charge < -0.3 is 5.73 Å². The molecule has 0 amide bonds. The standard InChI is InChI=1S/C23H20N2OS2/c1-13-8-10-14(11-9-13)21(26)22-20(24)19-18(17-7-4-12-27-17)15-5-2-3-6-16(15)25-23(19)28-22/h4,7-12H,2-3,5-6,24H2,1H3. The fraction of sp³-hybridized carbons (Fsp3) is 0.217. The van der Waals surface area contributed by atoms with E-state index in [1.807, 2.05) is 31.2 Å². The second-order valence-electron chi connectivity index (χ2n) is 7.32. The van der Waals surface area contributed by atoms with Gasteiger partial charge in [0.15, 0.2) is 0 Å². The van der Waals surface area contributed by atoms with Crippen LogP contribution in [0.3, 0.4) is 0 Å². The smallest absolute Gasteiger partial charge is 0.205 e. The predicted octanol–water partition coefficient (Wildman–Crippen LogP) is 6.03. The van der Waals surface area contributed by atoms with Crippen LogP contribution in [0.4, 0.5) is 5.69 Å². The van der Waals surface area contributed by atoms with E-state index in [1.54, 1.807) is 11.3 Å². The number of ketones is 1. The first-order chi connectivity index (χ1) is 13.6. The Balaban J connectivity index is 1.76.